The molecule has 2 heterocycles. The summed E-state index contributed by atoms with van der Waals surface area (Å²) in [6.07, 6.45) is 6.17. The summed E-state index contributed by atoms with van der Waals surface area (Å²) in [7, 11) is 6.37. The van der Waals surface area contributed by atoms with Crippen molar-refractivity contribution in [2.75, 3.05) is 57.5 Å². The fourth-order valence-corrected chi connectivity index (χ4v) is 11.2. The standard InChI is InChI=1S/C39H45N5O3.C37H43N5O/c1-39(2,3)47-38(46)40-25-13-6-14-26-44-35(27-36(45)41-28-29-15-7-4-8-16-29)33-19-11-12-20-34(33)43-37(44)42-32-23-21-31(22-24-32)30-17-9-5-10-18-30;1-40(2)25-13-6-14-26-41(3)37-39-34-20-12-11-19-33(34)35(27-36(43)38-28-29-15-7-4-8-16-29)42(37)32-23-21-31(22-24-32)30-17-9-5-10-18-30/h4-5,7-12,15-24,35H,6,13-14,25-28H2,1-3H3,(H,40,46)(H,41,45)(H,42,43);4-5,7-12,15-24,35H,6,13-14,25-28H2,1-3H3,(H,38,43). The third-order valence-corrected chi connectivity index (χ3v) is 15.8. The number of hydrogen-bond donors (Lipinski definition) is 4. The molecule has 8 aromatic carbocycles. The number of rotatable bonds is 24. The van der Waals surface area contributed by atoms with Crippen LogP contribution in [0.2, 0.25) is 0 Å². The number of benzene rings is 8. The van der Waals surface area contributed by atoms with Gasteiger partial charge >= 0.3 is 6.09 Å². The first-order valence-electron chi connectivity index (χ1n) is 31.7. The van der Waals surface area contributed by atoms with Crippen LogP contribution in [0.1, 0.15) is 106 Å². The Hall–Kier alpha value is -9.53. The van der Waals surface area contributed by atoms with E-state index >= 15 is 0 Å². The van der Waals surface area contributed by atoms with Crippen LogP contribution in [-0.2, 0) is 27.4 Å². The van der Waals surface area contributed by atoms with Crippen LogP contribution in [-0.4, -0.2) is 97.4 Å². The molecule has 3 amide bonds. The van der Waals surface area contributed by atoms with E-state index in [9.17, 15) is 14.4 Å². The molecule has 0 saturated carbocycles. The number of alkyl carbamates (subject to hydrolysis) is 1. The zero-order valence-electron chi connectivity index (χ0n) is 53.2. The molecule has 4 N–H and O–H groups in total. The Balaban J connectivity index is 0.000000214. The van der Waals surface area contributed by atoms with Gasteiger partial charge in [0.15, 0.2) is 0 Å². The van der Waals surface area contributed by atoms with E-state index < -0.39 is 11.7 Å². The summed E-state index contributed by atoms with van der Waals surface area (Å²) in [6.45, 7) is 9.75. The number of ether oxygens (including phenoxy) is 1. The highest BCUT2D eigenvalue weighted by molar-refractivity contribution is 6.01. The number of guanidine groups is 2. The van der Waals surface area contributed by atoms with Gasteiger partial charge in [-0.2, -0.15) is 0 Å². The SMILES string of the molecule is CC(C)(C)OC(=O)NCCCCCN1C(Nc2ccc(-c3ccccc3)cc2)=Nc2ccccc2C1CC(=O)NCc1ccccc1.CN(C)CCCCCN(C)C1=Nc2ccccc2C(CC(=O)NCc2ccccc2)N1c1ccc(-c2ccccc2)cc1. The van der Waals surface area contributed by atoms with Gasteiger partial charge in [-0.3, -0.25) is 9.59 Å². The molecule has 0 saturated heterocycles. The third-order valence-electron chi connectivity index (χ3n) is 15.8. The molecule has 14 nitrogen and oxygen atoms in total. The van der Waals surface area contributed by atoms with E-state index in [-0.39, 0.29) is 30.3 Å². The summed E-state index contributed by atoms with van der Waals surface area (Å²) in [4.78, 5) is 58.2. The van der Waals surface area contributed by atoms with E-state index in [1.165, 1.54) is 12.0 Å². The van der Waals surface area contributed by atoms with Crippen LogP contribution in [0.15, 0.2) is 228 Å². The summed E-state index contributed by atoms with van der Waals surface area (Å²) < 4.78 is 5.35. The number of nitrogens with one attached hydrogen (secondary N) is 4. The minimum Gasteiger partial charge on any atom is -0.444 e. The van der Waals surface area contributed by atoms with Gasteiger partial charge in [-0.1, -0.05) is 188 Å². The number of anilines is 2. The van der Waals surface area contributed by atoms with Gasteiger partial charge in [0.25, 0.3) is 0 Å². The molecule has 0 aromatic heterocycles. The number of carbonyl (C=O) groups excluding carboxylic acids is 3. The molecule has 0 aliphatic carbocycles. The van der Waals surface area contributed by atoms with Crippen LogP contribution in [0.3, 0.4) is 0 Å². The van der Waals surface area contributed by atoms with Gasteiger partial charge < -0.3 is 45.6 Å². The van der Waals surface area contributed by atoms with Gasteiger partial charge in [0.2, 0.25) is 23.7 Å². The number of unbranched alkanes of at least 4 members (excludes halogenated alkanes) is 4. The van der Waals surface area contributed by atoms with Gasteiger partial charge in [-0.05, 0) is 143 Å². The topological polar surface area (TPSA) is 146 Å². The maximum absolute atomic E-state index is 13.5. The third kappa shape index (κ3) is 19.2. The van der Waals surface area contributed by atoms with Crippen LogP contribution in [0.4, 0.5) is 27.5 Å². The van der Waals surface area contributed by atoms with Crippen molar-refractivity contribution < 1.29 is 19.1 Å². The smallest absolute Gasteiger partial charge is 0.407 e. The average molecular weight is 1210 g/mol. The van der Waals surface area contributed by atoms with E-state index in [1.807, 2.05) is 136 Å². The van der Waals surface area contributed by atoms with Gasteiger partial charge in [-0.15, -0.1) is 0 Å². The Labute approximate surface area is 533 Å². The number of hydrogen-bond acceptors (Lipinski definition) is 11. The fraction of sp³-hybridized carbons (Fsp3) is 0.303. The highest BCUT2D eigenvalue weighted by Gasteiger charge is 2.35. The summed E-state index contributed by atoms with van der Waals surface area (Å²) in [5.74, 6) is 1.58. The lowest BCUT2D eigenvalue weighted by molar-refractivity contribution is -0.122. The normalized spacial score (nSPS) is 14.2. The fourth-order valence-electron chi connectivity index (χ4n) is 11.2. The Kier molecular flexibility index (Phi) is 23.5. The maximum atomic E-state index is 13.5. The van der Waals surface area contributed by atoms with Crippen molar-refractivity contribution >= 4 is 52.6 Å². The molecule has 2 aliphatic rings. The highest BCUT2D eigenvalue weighted by Crippen LogP contribution is 2.42. The number of para-hydroxylation sites is 2. The molecule has 90 heavy (non-hydrogen) atoms. The van der Waals surface area contributed by atoms with Crippen molar-refractivity contribution in [3.05, 3.63) is 241 Å². The highest BCUT2D eigenvalue weighted by atomic mass is 16.6. The van der Waals surface area contributed by atoms with Crippen LogP contribution < -0.4 is 26.2 Å². The largest absolute Gasteiger partial charge is 0.444 e. The van der Waals surface area contributed by atoms with Crippen molar-refractivity contribution in [3.8, 4) is 22.3 Å². The second kappa shape index (κ2) is 32.6. The minimum atomic E-state index is -0.526. The van der Waals surface area contributed by atoms with Crippen molar-refractivity contribution in [1.29, 1.82) is 0 Å². The van der Waals surface area contributed by atoms with E-state index in [1.54, 1.807) is 0 Å². The molecule has 8 aromatic rings. The lowest BCUT2D eigenvalue weighted by Gasteiger charge is -2.41. The lowest BCUT2D eigenvalue weighted by atomic mass is 9.96. The summed E-state index contributed by atoms with van der Waals surface area (Å²) >= 11 is 0. The summed E-state index contributed by atoms with van der Waals surface area (Å²) in [5.41, 5.74) is 12.1. The van der Waals surface area contributed by atoms with Crippen molar-refractivity contribution in [2.24, 2.45) is 9.98 Å². The molecule has 466 valence electrons. The zero-order chi connectivity index (χ0) is 63.1. The maximum Gasteiger partial charge on any atom is 0.407 e. The van der Waals surface area contributed by atoms with Crippen molar-refractivity contribution in [2.45, 2.75) is 103 Å². The molecule has 0 spiro atoms. The molecule has 14 heteroatoms. The summed E-state index contributed by atoms with van der Waals surface area (Å²) in [6, 6.07) is 73.6. The molecule has 0 radical (unpaired) electrons. The Morgan fingerprint density at radius 2 is 0.956 bits per heavy atom. The molecular formula is C76H88N10O4. The number of nitrogens with zero attached hydrogens (tertiary/aromatic N) is 6. The first-order chi connectivity index (χ1) is 43.7. The van der Waals surface area contributed by atoms with Gasteiger partial charge in [0.05, 0.1) is 36.3 Å². The molecule has 2 aliphatic heterocycles. The zero-order valence-corrected chi connectivity index (χ0v) is 53.2. The van der Waals surface area contributed by atoms with Gasteiger partial charge in [0, 0.05) is 62.3 Å². The van der Waals surface area contributed by atoms with E-state index in [0.29, 0.717) is 38.6 Å². The molecule has 2 atom stereocenters. The van der Waals surface area contributed by atoms with Crippen LogP contribution >= 0.6 is 0 Å². The predicted octanol–water partition coefficient (Wildman–Crippen LogP) is 15.5. The van der Waals surface area contributed by atoms with Crippen LogP contribution in [0, 0.1) is 0 Å². The molecule has 2 unspecified atom stereocenters. The van der Waals surface area contributed by atoms with Gasteiger partial charge in [0.1, 0.15) is 5.60 Å². The first kappa shape index (κ1) is 64.9. The second-order valence-corrected chi connectivity index (χ2v) is 24.2. The minimum absolute atomic E-state index is 0.0159. The van der Waals surface area contributed by atoms with Crippen molar-refractivity contribution in [1.82, 2.24) is 30.7 Å². The molecule has 0 bridgehead atoms. The van der Waals surface area contributed by atoms with E-state index in [4.69, 9.17) is 14.7 Å². The van der Waals surface area contributed by atoms with Gasteiger partial charge in [-0.25, -0.2) is 14.8 Å². The number of amides is 3. The Bertz CT molecular complexity index is 3600. The number of aliphatic imine (C=N–C) groups is 2. The van der Waals surface area contributed by atoms with E-state index in [2.05, 4.69) is 165 Å². The predicted molar refractivity (Wildman–Crippen MR) is 368 cm³/mol. The molecule has 0 fully saturated rings. The summed E-state index contributed by atoms with van der Waals surface area (Å²) in [5, 5.41) is 12.7. The quantitative estimate of drug-likeness (QED) is 0.0434. The number of carbonyl (C=O) groups is 3. The first-order valence-corrected chi connectivity index (χ1v) is 31.7. The Morgan fingerprint density at radius 3 is 1.51 bits per heavy atom. The lowest BCUT2D eigenvalue weighted by Crippen LogP contribution is -2.47. The van der Waals surface area contributed by atoms with Crippen molar-refractivity contribution in [3.63, 3.8) is 0 Å². The Morgan fingerprint density at radius 1 is 0.489 bits per heavy atom. The molecular weight excluding hydrogens is 1120 g/mol. The molecule has 10 rings (SSSR count). The average Bonchev–Trinajstić information content (AvgIpc) is 0.845. The second-order valence-electron chi connectivity index (χ2n) is 24.2. The number of fused-ring (bicyclic) bond motifs is 2. The monoisotopic (exact) mass is 1200 g/mol. The van der Waals surface area contributed by atoms with E-state index in [0.717, 1.165) is 113 Å². The van der Waals surface area contributed by atoms with Crippen LogP contribution in [0.5, 0.6) is 0 Å². The van der Waals surface area contributed by atoms with Crippen LogP contribution in [0.25, 0.3) is 22.3 Å².